The standard InChI is InChI=1S/C16H30N2O2/c1-7-11(4)13-15(20)18(10-16(5,6)9-3)12(8-2)14(19)17-13/h11-13H,7-10H2,1-6H3,(H,17,19). The number of nitrogens with zero attached hydrogens (tertiary/aromatic N) is 1. The number of rotatable bonds is 6. The zero-order valence-corrected chi connectivity index (χ0v) is 13.8. The second-order valence-corrected chi connectivity index (χ2v) is 6.78. The summed E-state index contributed by atoms with van der Waals surface area (Å²) in [5.41, 5.74) is 0.0424. The second kappa shape index (κ2) is 6.59. The lowest BCUT2D eigenvalue weighted by Crippen LogP contribution is -2.65. The van der Waals surface area contributed by atoms with Crippen LogP contribution in [0.25, 0.3) is 0 Å². The highest BCUT2D eigenvalue weighted by Crippen LogP contribution is 2.27. The Bertz CT molecular complexity index is 365. The average Bonchev–Trinajstić information content (AvgIpc) is 2.41. The fraction of sp³-hybridized carbons (Fsp3) is 0.875. The summed E-state index contributed by atoms with van der Waals surface area (Å²) >= 11 is 0. The van der Waals surface area contributed by atoms with E-state index in [0.29, 0.717) is 13.0 Å². The summed E-state index contributed by atoms with van der Waals surface area (Å²) in [5.74, 6) is 0.271. The Hall–Kier alpha value is -1.06. The summed E-state index contributed by atoms with van der Waals surface area (Å²) in [6.07, 6.45) is 2.55. The van der Waals surface area contributed by atoms with Gasteiger partial charge in [0.05, 0.1) is 0 Å². The van der Waals surface area contributed by atoms with Crippen molar-refractivity contribution in [1.29, 1.82) is 0 Å². The molecule has 1 heterocycles. The summed E-state index contributed by atoms with van der Waals surface area (Å²) in [6, 6.07) is -0.670. The molecule has 0 aliphatic carbocycles. The Morgan fingerprint density at radius 3 is 2.30 bits per heavy atom. The fourth-order valence-corrected chi connectivity index (χ4v) is 2.57. The number of carbonyl (C=O) groups is 2. The molecule has 1 rings (SSSR count). The van der Waals surface area contributed by atoms with Gasteiger partial charge < -0.3 is 10.2 Å². The van der Waals surface area contributed by atoms with E-state index in [1.165, 1.54) is 0 Å². The van der Waals surface area contributed by atoms with E-state index in [0.717, 1.165) is 12.8 Å². The zero-order valence-electron chi connectivity index (χ0n) is 13.8. The Labute approximate surface area is 123 Å². The molecule has 4 nitrogen and oxygen atoms in total. The lowest BCUT2D eigenvalue weighted by atomic mass is 9.86. The Morgan fingerprint density at radius 2 is 1.85 bits per heavy atom. The largest absolute Gasteiger partial charge is 0.342 e. The SMILES string of the molecule is CCC(C)C1NC(=O)C(CC)N(CC(C)(C)CC)C1=O. The van der Waals surface area contributed by atoms with Crippen LogP contribution in [0.1, 0.15) is 60.8 Å². The molecular formula is C16H30N2O2. The van der Waals surface area contributed by atoms with Crippen LogP contribution >= 0.6 is 0 Å². The predicted molar refractivity (Wildman–Crippen MR) is 81.2 cm³/mol. The topological polar surface area (TPSA) is 49.4 Å². The zero-order chi connectivity index (χ0) is 15.5. The predicted octanol–water partition coefficient (Wildman–Crippen LogP) is 2.57. The normalized spacial score (nSPS) is 25.6. The Kier molecular flexibility index (Phi) is 5.60. The number of nitrogens with one attached hydrogen (secondary N) is 1. The maximum Gasteiger partial charge on any atom is 0.246 e. The monoisotopic (exact) mass is 282 g/mol. The first-order valence-corrected chi connectivity index (χ1v) is 7.88. The van der Waals surface area contributed by atoms with Crippen LogP contribution in [0.3, 0.4) is 0 Å². The molecule has 0 saturated carbocycles. The van der Waals surface area contributed by atoms with Gasteiger partial charge in [-0.1, -0.05) is 48.0 Å². The van der Waals surface area contributed by atoms with Gasteiger partial charge >= 0.3 is 0 Å². The van der Waals surface area contributed by atoms with Gasteiger partial charge in [0, 0.05) is 6.54 Å². The minimum absolute atomic E-state index is 0.00398. The second-order valence-electron chi connectivity index (χ2n) is 6.78. The molecule has 3 unspecified atom stereocenters. The molecule has 0 aromatic rings. The maximum absolute atomic E-state index is 12.7. The van der Waals surface area contributed by atoms with E-state index < -0.39 is 0 Å². The van der Waals surface area contributed by atoms with E-state index in [-0.39, 0.29) is 35.2 Å². The van der Waals surface area contributed by atoms with Crippen molar-refractivity contribution < 1.29 is 9.59 Å². The summed E-state index contributed by atoms with van der Waals surface area (Å²) in [5, 5.41) is 2.92. The highest BCUT2D eigenvalue weighted by molar-refractivity contribution is 5.97. The summed E-state index contributed by atoms with van der Waals surface area (Å²) in [7, 11) is 0. The summed E-state index contributed by atoms with van der Waals surface area (Å²) < 4.78 is 0. The molecule has 1 N–H and O–H groups in total. The fourth-order valence-electron chi connectivity index (χ4n) is 2.57. The Morgan fingerprint density at radius 1 is 1.25 bits per heavy atom. The molecule has 0 aromatic heterocycles. The maximum atomic E-state index is 12.7. The van der Waals surface area contributed by atoms with Gasteiger partial charge in [0.1, 0.15) is 12.1 Å². The van der Waals surface area contributed by atoms with E-state index in [1.54, 1.807) is 0 Å². The molecule has 4 heteroatoms. The van der Waals surface area contributed by atoms with Crippen LogP contribution in [-0.2, 0) is 9.59 Å². The van der Waals surface area contributed by atoms with Crippen molar-refractivity contribution >= 4 is 11.8 Å². The minimum Gasteiger partial charge on any atom is -0.342 e. The number of hydrogen-bond donors (Lipinski definition) is 1. The highest BCUT2D eigenvalue weighted by Gasteiger charge is 2.42. The van der Waals surface area contributed by atoms with Gasteiger partial charge in [0.15, 0.2) is 0 Å². The van der Waals surface area contributed by atoms with Gasteiger partial charge in [-0.2, -0.15) is 0 Å². The quantitative estimate of drug-likeness (QED) is 0.814. The number of carbonyl (C=O) groups excluding carboxylic acids is 2. The third-order valence-electron chi connectivity index (χ3n) is 4.68. The van der Waals surface area contributed by atoms with Gasteiger partial charge in [-0.15, -0.1) is 0 Å². The summed E-state index contributed by atoms with van der Waals surface area (Å²) in [6.45, 7) is 13.1. The van der Waals surface area contributed by atoms with Crippen LogP contribution in [0.4, 0.5) is 0 Å². The van der Waals surface area contributed by atoms with Crippen molar-refractivity contribution in [3.05, 3.63) is 0 Å². The van der Waals surface area contributed by atoms with Crippen molar-refractivity contribution in [3.8, 4) is 0 Å². The van der Waals surface area contributed by atoms with Gasteiger partial charge in [0.25, 0.3) is 0 Å². The van der Waals surface area contributed by atoms with Crippen molar-refractivity contribution in [2.24, 2.45) is 11.3 Å². The van der Waals surface area contributed by atoms with Crippen LogP contribution in [0.15, 0.2) is 0 Å². The molecule has 2 amide bonds. The average molecular weight is 282 g/mol. The molecule has 1 fully saturated rings. The van der Waals surface area contributed by atoms with Gasteiger partial charge in [-0.25, -0.2) is 0 Å². The van der Waals surface area contributed by atoms with Crippen LogP contribution < -0.4 is 5.32 Å². The van der Waals surface area contributed by atoms with E-state index in [2.05, 4.69) is 33.0 Å². The molecule has 0 spiro atoms. The third-order valence-corrected chi connectivity index (χ3v) is 4.68. The lowest BCUT2D eigenvalue weighted by molar-refractivity contribution is -0.152. The van der Waals surface area contributed by atoms with Gasteiger partial charge in [-0.3, -0.25) is 9.59 Å². The van der Waals surface area contributed by atoms with E-state index in [1.807, 2.05) is 18.7 Å². The molecular weight excluding hydrogens is 252 g/mol. The van der Waals surface area contributed by atoms with E-state index >= 15 is 0 Å². The molecule has 0 aromatic carbocycles. The highest BCUT2D eigenvalue weighted by atomic mass is 16.2. The first-order chi connectivity index (χ1) is 9.27. The molecule has 116 valence electrons. The first-order valence-electron chi connectivity index (χ1n) is 7.88. The molecule has 1 saturated heterocycles. The van der Waals surface area contributed by atoms with Crippen molar-refractivity contribution in [2.75, 3.05) is 6.54 Å². The molecule has 1 aliphatic heterocycles. The lowest BCUT2D eigenvalue weighted by Gasteiger charge is -2.43. The van der Waals surface area contributed by atoms with Gasteiger partial charge in [0.2, 0.25) is 11.8 Å². The summed E-state index contributed by atoms with van der Waals surface area (Å²) in [4.78, 5) is 26.8. The smallest absolute Gasteiger partial charge is 0.246 e. The van der Waals surface area contributed by atoms with Crippen molar-refractivity contribution in [3.63, 3.8) is 0 Å². The van der Waals surface area contributed by atoms with Crippen molar-refractivity contribution in [1.82, 2.24) is 10.2 Å². The van der Waals surface area contributed by atoms with E-state index in [9.17, 15) is 9.59 Å². The number of amides is 2. The molecule has 0 radical (unpaired) electrons. The van der Waals surface area contributed by atoms with E-state index in [4.69, 9.17) is 0 Å². The number of hydrogen-bond acceptors (Lipinski definition) is 2. The third kappa shape index (κ3) is 3.53. The molecule has 1 aliphatic rings. The van der Waals surface area contributed by atoms with Crippen LogP contribution in [-0.4, -0.2) is 35.3 Å². The molecule has 20 heavy (non-hydrogen) atoms. The first kappa shape index (κ1) is 17.0. The number of piperazine rings is 1. The van der Waals surface area contributed by atoms with Crippen LogP contribution in [0.2, 0.25) is 0 Å². The van der Waals surface area contributed by atoms with Crippen LogP contribution in [0.5, 0.6) is 0 Å². The van der Waals surface area contributed by atoms with Crippen molar-refractivity contribution in [2.45, 2.75) is 72.9 Å². The van der Waals surface area contributed by atoms with Crippen LogP contribution in [0, 0.1) is 11.3 Å². The van der Waals surface area contributed by atoms with Gasteiger partial charge in [-0.05, 0) is 24.2 Å². The molecule has 0 bridgehead atoms. The minimum atomic E-state index is -0.358. The molecule has 3 atom stereocenters. The Balaban J connectivity index is 3.00.